The Morgan fingerprint density at radius 2 is 1.85 bits per heavy atom. The van der Waals surface area contributed by atoms with Crippen molar-refractivity contribution in [2.75, 3.05) is 59.8 Å². The van der Waals surface area contributed by atoms with Crippen molar-refractivity contribution >= 4 is 15.9 Å². The van der Waals surface area contributed by atoms with Gasteiger partial charge in [-0.15, -0.1) is 0 Å². The number of nitrogens with one attached hydrogen (secondary N) is 1. The zero-order valence-corrected chi connectivity index (χ0v) is 15.8. The highest BCUT2D eigenvalue weighted by Crippen LogP contribution is 2.17. The van der Waals surface area contributed by atoms with Gasteiger partial charge in [-0.25, -0.2) is 8.42 Å². The molecule has 146 valence electrons. The maximum absolute atomic E-state index is 12.5. The maximum Gasteiger partial charge on any atom is 0.251 e. The molecule has 0 spiro atoms. The van der Waals surface area contributed by atoms with Crippen molar-refractivity contribution in [1.29, 1.82) is 0 Å². The number of sulfonamides is 1. The van der Waals surface area contributed by atoms with E-state index >= 15 is 0 Å². The average Bonchev–Trinajstić information content (AvgIpc) is 2.68. The fourth-order valence-electron chi connectivity index (χ4n) is 2.44. The molecule has 9 heteroatoms. The lowest BCUT2D eigenvalue weighted by atomic mass is 10.2. The van der Waals surface area contributed by atoms with Crippen LogP contribution in [0.5, 0.6) is 0 Å². The molecule has 0 bridgehead atoms. The molecule has 8 nitrogen and oxygen atoms in total. The Morgan fingerprint density at radius 3 is 2.50 bits per heavy atom. The van der Waals surface area contributed by atoms with Crippen LogP contribution in [0.2, 0.25) is 0 Å². The number of nitrogens with zero attached hydrogens (tertiary/aromatic N) is 1. The second-order valence-electron chi connectivity index (χ2n) is 5.76. The minimum atomic E-state index is -3.54. The molecule has 26 heavy (non-hydrogen) atoms. The van der Waals surface area contributed by atoms with E-state index in [1.165, 1.54) is 28.6 Å². The first-order valence-corrected chi connectivity index (χ1v) is 10.0. The summed E-state index contributed by atoms with van der Waals surface area (Å²) in [4.78, 5) is 12.3. The normalized spacial score (nSPS) is 15.7. The lowest BCUT2D eigenvalue weighted by Gasteiger charge is -2.26. The summed E-state index contributed by atoms with van der Waals surface area (Å²) in [5.41, 5.74) is 0.422. The Morgan fingerprint density at radius 1 is 1.15 bits per heavy atom. The number of rotatable bonds is 10. The van der Waals surface area contributed by atoms with Gasteiger partial charge in [-0.05, 0) is 30.7 Å². The molecule has 1 heterocycles. The van der Waals surface area contributed by atoms with Gasteiger partial charge in [-0.3, -0.25) is 4.79 Å². The number of hydrogen-bond acceptors (Lipinski definition) is 6. The number of methoxy groups -OCH3 is 1. The van der Waals surface area contributed by atoms with Crippen LogP contribution in [0.4, 0.5) is 0 Å². The molecular weight excluding hydrogens is 360 g/mol. The van der Waals surface area contributed by atoms with E-state index in [2.05, 4.69) is 5.32 Å². The number of carbonyl (C=O) groups excluding carboxylic acids is 1. The number of amides is 1. The van der Waals surface area contributed by atoms with Crippen molar-refractivity contribution in [3.63, 3.8) is 0 Å². The lowest BCUT2D eigenvalue weighted by Crippen LogP contribution is -2.40. The zero-order chi connectivity index (χ0) is 18.8. The quantitative estimate of drug-likeness (QED) is 0.588. The third-order valence-electron chi connectivity index (χ3n) is 3.91. The van der Waals surface area contributed by atoms with Crippen molar-refractivity contribution in [3.05, 3.63) is 29.8 Å². The van der Waals surface area contributed by atoms with Crippen LogP contribution in [0, 0.1) is 0 Å². The molecule has 1 aliphatic heterocycles. The van der Waals surface area contributed by atoms with E-state index in [0.717, 1.165) is 0 Å². The van der Waals surface area contributed by atoms with Gasteiger partial charge in [0.2, 0.25) is 10.0 Å². The Balaban J connectivity index is 1.81. The van der Waals surface area contributed by atoms with E-state index in [1.807, 2.05) is 0 Å². The summed E-state index contributed by atoms with van der Waals surface area (Å²) < 4.78 is 41.8. The maximum atomic E-state index is 12.5. The summed E-state index contributed by atoms with van der Waals surface area (Å²) in [5.74, 6) is -0.239. The molecular formula is C17H26N2O6S. The molecule has 1 saturated heterocycles. The first kappa shape index (κ1) is 20.8. The highest BCUT2D eigenvalue weighted by Gasteiger charge is 2.26. The van der Waals surface area contributed by atoms with Gasteiger partial charge < -0.3 is 19.5 Å². The molecule has 1 aromatic carbocycles. The predicted octanol–water partition coefficient (Wildman–Crippen LogP) is 0.490. The molecule has 0 unspecified atom stereocenters. The summed E-state index contributed by atoms with van der Waals surface area (Å²) in [6.07, 6.45) is 0.693. The molecule has 1 N–H and O–H groups in total. The Kier molecular flexibility index (Phi) is 8.46. The van der Waals surface area contributed by atoms with Crippen LogP contribution in [-0.2, 0) is 24.2 Å². The number of hydrogen-bond donors (Lipinski definition) is 1. The minimum absolute atomic E-state index is 0.183. The van der Waals surface area contributed by atoms with E-state index in [1.54, 1.807) is 7.11 Å². The second-order valence-corrected chi connectivity index (χ2v) is 7.69. The van der Waals surface area contributed by atoms with E-state index in [0.29, 0.717) is 64.7 Å². The SMILES string of the molecule is COCCOCCCNC(=O)c1ccc(S(=O)(=O)N2CCOCC2)cc1. The fourth-order valence-corrected chi connectivity index (χ4v) is 3.84. The summed E-state index contributed by atoms with van der Waals surface area (Å²) in [7, 11) is -1.93. The zero-order valence-electron chi connectivity index (χ0n) is 15.0. The van der Waals surface area contributed by atoms with Gasteiger partial charge in [-0.1, -0.05) is 0 Å². The van der Waals surface area contributed by atoms with Crippen LogP contribution in [0.25, 0.3) is 0 Å². The van der Waals surface area contributed by atoms with Crippen molar-refractivity contribution in [1.82, 2.24) is 9.62 Å². The molecule has 0 aromatic heterocycles. The standard InChI is InChI=1S/C17H26N2O6S/c1-23-13-14-24-10-2-7-18-17(20)15-3-5-16(6-4-15)26(21,22)19-8-11-25-12-9-19/h3-6H,2,7-14H2,1H3,(H,18,20). The smallest absolute Gasteiger partial charge is 0.251 e. The van der Waals surface area contributed by atoms with Gasteiger partial charge in [-0.2, -0.15) is 4.31 Å². The largest absolute Gasteiger partial charge is 0.382 e. The first-order valence-electron chi connectivity index (χ1n) is 8.58. The van der Waals surface area contributed by atoms with Crippen LogP contribution in [-0.4, -0.2) is 78.4 Å². The molecule has 1 fully saturated rings. The molecule has 0 aliphatic carbocycles. The van der Waals surface area contributed by atoms with E-state index in [4.69, 9.17) is 14.2 Å². The molecule has 0 atom stereocenters. The predicted molar refractivity (Wildman–Crippen MR) is 95.7 cm³/mol. The summed E-state index contributed by atoms with van der Waals surface area (Å²) in [5, 5.41) is 2.78. The third kappa shape index (κ3) is 6.03. The number of carbonyl (C=O) groups is 1. The van der Waals surface area contributed by atoms with Crippen molar-refractivity contribution in [2.24, 2.45) is 0 Å². The van der Waals surface area contributed by atoms with Gasteiger partial charge in [0.05, 0.1) is 31.3 Å². The first-order chi connectivity index (χ1) is 12.6. The Labute approximate surface area is 154 Å². The Hall–Kier alpha value is -1.52. The van der Waals surface area contributed by atoms with Gasteiger partial charge in [0.1, 0.15) is 0 Å². The van der Waals surface area contributed by atoms with Crippen LogP contribution in [0.15, 0.2) is 29.2 Å². The molecule has 1 amide bonds. The lowest BCUT2D eigenvalue weighted by molar-refractivity contribution is 0.0688. The van der Waals surface area contributed by atoms with Gasteiger partial charge in [0, 0.05) is 38.9 Å². The van der Waals surface area contributed by atoms with Crippen LogP contribution in [0.3, 0.4) is 0 Å². The van der Waals surface area contributed by atoms with E-state index < -0.39 is 10.0 Å². The minimum Gasteiger partial charge on any atom is -0.382 e. The van der Waals surface area contributed by atoms with Gasteiger partial charge in [0.25, 0.3) is 5.91 Å². The molecule has 0 saturated carbocycles. The average molecular weight is 386 g/mol. The van der Waals surface area contributed by atoms with Crippen molar-refractivity contribution in [2.45, 2.75) is 11.3 Å². The third-order valence-corrected chi connectivity index (χ3v) is 5.82. The topological polar surface area (TPSA) is 94.2 Å². The van der Waals surface area contributed by atoms with Crippen molar-refractivity contribution in [3.8, 4) is 0 Å². The van der Waals surface area contributed by atoms with E-state index in [9.17, 15) is 13.2 Å². The summed E-state index contributed by atoms with van der Waals surface area (Å²) >= 11 is 0. The summed E-state index contributed by atoms with van der Waals surface area (Å²) in [6.45, 7) is 3.59. The monoisotopic (exact) mass is 386 g/mol. The van der Waals surface area contributed by atoms with Gasteiger partial charge in [0.15, 0.2) is 0 Å². The van der Waals surface area contributed by atoms with Crippen LogP contribution < -0.4 is 5.32 Å². The molecule has 1 aromatic rings. The number of morpholine rings is 1. The summed E-state index contributed by atoms with van der Waals surface area (Å²) in [6, 6.07) is 5.98. The molecule has 1 aliphatic rings. The highest BCUT2D eigenvalue weighted by molar-refractivity contribution is 7.89. The fraction of sp³-hybridized carbons (Fsp3) is 0.588. The number of benzene rings is 1. The van der Waals surface area contributed by atoms with E-state index in [-0.39, 0.29) is 10.8 Å². The second kappa shape index (κ2) is 10.6. The van der Waals surface area contributed by atoms with Crippen LogP contribution >= 0.6 is 0 Å². The number of ether oxygens (including phenoxy) is 3. The Bertz CT molecular complexity index is 656. The van der Waals surface area contributed by atoms with Gasteiger partial charge >= 0.3 is 0 Å². The highest BCUT2D eigenvalue weighted by atomic mass is 32.2. The molecule has 2 rings (SSSR count). The van der Waals surface area contributed by atoms with Crippen molar-refractivity contribution < 1.29 is 27.4 Å². The van der Waals surface area contributed by atoms with Crippen LogP contribution in [0.1, 0.15) is 16.8 Å². The molecule has 0 radical (unpaired) electrons.